The SMILES string of the molecule is CCCC1CCC(O)C(C2CS(=O)(=O)CC2O)C1. The summed E-state index contributed by atoms with van der Waals surface area (Å²) in [5, 5.41) is 20.0. The third kappa shape index (κ3) is 3.06. The molecular formula is C13H24O4S. The summed E-state index contributed by atoms with van der Waals surface area (Å²) in [4.78, 5) is 0. The highest BCUT2D eigenvalue weighted by molar-refractivity contribution is 7.91. The van der Waals surface area contributed by atoms with Gasteiger partial charge in [-0.3, -0.25) is 0 Å². The quantitative estimate of drug-likeness (QED) is 0.805. The summed E-state index contributed by atoms with van der Waals surface area (Å²) in [5.41, 5.74) is 0. The lowest BCUT2D eigenvalue weighted by Crippen LogP contribution is -2.39. The van der Waals surface area contributed by atoms with Gasteiger partial charge < -0.3 is 10.2 Å². The van der Waals surface area contributed by atoms with Crippen LogP contribution in [0.5, 0.6) is 0 Å². The third-order valence-corrected chi connectivity index (χ3v) is 6.32. The minimum absolute atomic E-state index is 0.0393. The summed E-state index contributed by atoms with van der Waals surface area (Å²) in [5.74, 6) is 0.208. The van der Waals surface area contributed by atoms with Crippen molar-refractivity contribution in [2.75, 3.05) is 11.5 Å². The molecule has 2 aliphatic rings. The number of aliphatic hydroxyl groups excluding tert-OH is 2. The summed E-state index contributed by atoms with van der Waals surface area (Å²) < 4.78 is 23.1. The van der Waals surface area contributed by atoms with Gasteiger partial charge in [-0.25, -0.2) is 8.42 Å². The van der Waals surface area contributed by atoms with Crippen molar-refractivity contribution in [3.63, 3.8) is 0 Å². The molecule has 1 saturated heterocycles. The molecule has 5 atom stereocenters. The topological polar surface area (TPSA) is 74.6 Å². The standard InChI is InChI=1S/C13H24O4S/c1-2-3-9-4-5-12(14)10(6-9)11-7-18(16,17)8-13(11)15/h9-15H,2-8H2,1H3. The van der Waals surface area contributed by atoms with E-state index in [1.165, 1.54) is 0 Å². The fourth-order valence-electron chi connectivity index (χ4n) is 3.68. The van der Waals surface area contributed by atoms with Gasteiger partial charge in [0.2, 0.25) is 0 Å². The second-order valence-corrected chi connectivity index (χ2v) is 8.16. The first-order valence-electron chi connectivity index (χ1n) is 6.99. The van der Waals surface area contributed by atoms with Crippen molar-refractivity contribution >= 4 is 9.84 Å². The molecule has 1 aliphatic heterocycles. The van der Waals surface area contributed by atoms with Crippen molar-refractivity contribution in [2.45, 2.75) is 51.2 Å². The minimum atomic E-state index is -3.11. The Morgan fingerprint density at radius 2 is 1.78 bits per heavy atom. The van der Waals surface area contributed by atoms with Gasteiger partial charge in [0.25, 0.3) is 0 Å². The lowest BCUT2D eigenvalue weighted by atomic mass is 9.71. The molecule has 0 radical (unpaired) electrons. The molecule has 0 amide bonds. The van der Waals surface area contributed by atoms with Crippen molar-refractivity contribution in [3.8, 4) is 0 Å². The van der Waals surface area contributed by atoms with Crippen LogP contribution in [0, 0.1) is 17.8 Å². The number of sulfone groups is 1. The monoisotopic (exact) mass is 276 g/mol. The van der Waals surface area contributed by atoms with Crippen molar-refractivity contribution < 1.29 is 18.6 Å². The van der Waals surface area contributed by atoms with E-state index in [9.17, 15) is 18.6 Å². The predicted molar refractivity (Wildman–Crippen MR) is 69.9 cm³/mol. The van der Waals surface area contributed by atoms with E-state index >= 15 is 0 Å². The Morgan fingerprint density at radius 3 is 2.33 bits per heavy atom. The van der Waals surface area contributed by atoms with Crippen LogP contribution in [-0.4, -0.2) is 42.3 Å². The van der Waals surface area contributed by atoms with Crippen LogP contribution in [0.3, 0.4) is 0 Å². The Balaban J connectivity index is 2.06. The van der Waals surface area contributed by atoms with E-state index in [0.717, 1.165) is 32.1 Å². The lowest BCUT2D eigenvalue weighted by molar-refractivity contribution is -0.0113. The van der Waals surface area contributed by atoms with Crippen molar-refractivity contribution in [1.82, 2.24) is 0 Å². The highest BCUT2D eigenvalue weighted by Gasteiger charge is 2.45. The summed E-state index contributed by atoms with van der Waals surface area (Å²) in [6.45, 7) is 2.15. The van der Waals surface area contributed by atoms with E-state index in [-0.39, 0.29) is 23.3 Å². The second kappa shape index (κ2) is 5.47. The van der Waals surface area contributed by atoms with Gasteiger partial charge in [-0.05, 0) is 31.1 Å². The fourth-order valence-corrected chi connectivity index (χ4v) is 5.64. The van der Waals surface area contributed by atoms with E-state index in [1.807, 2.05) is 0 Å². The van der Waals surface area contributed by atoms with Crippen LogP contribution < -0.4 is 0 Å². The lowest BCUT2D eigenvalue weighted by Gasteiger charge is -2.37. The van der Waals surface area contributed by atoms with Crippen molar-refractivity contribution in [3.05, 3.63) is 0 Å². The molecular weight excluding hydrogens is 252 g/mol. The normalized spacial score (nSPS) is 44.1. The van der Waals surface area contributed by atoms with Crippen molar-refractivity contribution in [1.29, 1.82) is 0 Å². The molecule has 2 rings (SSSR count). The Morgan fingerprint density at radius 1 is 1.06 bits per heavy atom. The molecule has 0 aromatic rings. The highest BCUT2D eigenvalue weighted by atomic mass is 32.2. The van der Waals surface area contributed by atoms with Crippen LogP contribution in [0.25, 0.3) is 0 Å². The Hall–Kier alpha value is -0.130. The zero-order valence-electron chi connectivity index (χ0n) is 11.0. The van der Waals surface area contributed by atoms with Gasteiger partial charge >= 0.3 is 0 Å². The summed E-state index contributed by atoms with van der Waals surface area (Å²) in [7, 11) is -3.11. The largest absolute Gasteiger partial charge is 0.393 e. The molecule has 0 bridgehead atoms. The summed E-state index contributed by atoms with van der Waals surface area (Å²) in [6.07, 6.45) is 3.69. The molecule has 5 unspecified atom stereocenters. The van der Waals surface area contributed by atoms with Gasteiger partial charge in [0.1, 0.15) is 0 Å². The van der Waals surface area contributed by atoms with Crippen LogP contribution in [0.15, 0.2) is 0 Å². The number of hydrogen-bond acceptors (Lipinski definition) is 4. The van der Waals surface area contributed by atoms with Crippen molar-refractivity contribution in [2.24, 2.45) is 17.8 Å². The number of hydrogen-bond donors (Lipinski definition) is 2. The zero-order valence-corrected chi connectivity index (χ0v) is 11.8. The maximum absolute atomic E-state index is 11.6. The van der Waals surface area contributed by atoms with E-state index < -0.39 is 22.0 Å². The molecule has 4 nitrogen and oxygen atoms in total. The Labute approximate surface area is 109 Å². The minimum Gasteiger partial charge on any atom is -0.393 e. The predicted octanol–water partition coefficient (Wildman–Crippen LogP) is 0.969. The zero-order chi connectivity index (χ0) is 13.3. The molecule has 0 aromatic heterocycles. The van der Waals surface area contributed by atoms with E-state index in [2.05, 4.69) is 6.92 Å². The third-order valence-electron chi connectivity index (χ3n) is 4.58. The molecule has 1 heterocycles. The van der Waals surface area contributed by atoms with Crippen LogP contribution in [0.2, 0.25) is 0 Å². The van der Waals surface area contributed by atoms with Crippen LogP contribution in [0.4, 0.5) is 0 Å². The molecule has 1 aliphatic carbocycles. The highest BCUT2D eigenvalue weighted by Crippen LogP contribution is 2.40. The first-order valence-corrected chi connectivity index (χ1v) is 8.81. The van der Waals surface area contributed by atoms with Crippen LogP contribution >= 0.6 is 0 Å². The van der Waals surface area contributed by atoms with Crippen LogP contribution in [0.1, 0.15) is 39.0 Å². The molecule has 0 aromatic carbocycles. The second-order valence-electron chi connectivity index (χ2n) is 6.01. The molecule has 2 N–H and O–H groups in total. The van der Waals surface area contributed by atoms with E-state index in [4.69, 9.17) is 0 Å². The summed E-state index contributed by atoms with van der Waals surface area (Å²) >= 11 is 0. The van der Waals surface area contributed by atoms with Gasteiger partial charge in [0.15, 0.2) is 9.84 Å². The molecule has 1 saturated carbocycles. The van der Waals surface area contributed by atoms with Crippen LogP contribution in [-0.2, 0) is 9.84 Å². The molecule has 2 fully saturated rings. The first-order chi connectivity index (χ1) is 8.43. The Bertz CT molecular complexity index is 378. The summed E-state index contributed by atoms with van der Waals surface area (Å²) in [6, 6.07) is 0. The Kier molecular flexibility index (Phi) is 4.34. The number of rotatable bonds is 3. The van der Waals surface area contributed by atoms with Gasteiger partial charge in [0, 0.05) is 5.92 Å². The molecule has 106 valence electrons. The average molecular weight is 276 g/mol. The number of aliphatic hydroxyl groups is 2. The van der Waals surface area contributed by atoms with E-state index in [0.29, 0.717) is 5.92 Å². The average Bonchev–Trinajstić information content (AvgIpc) is 2.55. The first kappa shape index (κ1) is 14.3. The molecule has 0 spiro atoms. The molecule has 18 heavy (non-hydrogen) atoms. The maximum Gasteiger partial charge on any atom is 0.153 e. The smallest absolute Gasteiger partial charge is 0.153 e. The van der Waals surface area contributed by atoms with Gasteiger partial charge in [-0.1, -0.05) is 19.8 Å². The van der Waals surface area contributed by atoms with Gasteiger partial charge in [-0.15, -0.1) is 0 Å². The van der Waals surface area contributed by atoms with Gasteiger partial charge in [-0.2, -0.15) is 0 Å². The van der Waals surface area contributed by atoms with E-state index in [1.54, 1.807) is 0 Å². The maximum atomic E-state index is 11.6. The molecule has 5 heteroatoms. The van der Waals surface area contributed by atoms with Gasteiger partial charge in [0.05, 0.1) is 23.7 Å². The fraction of sp³-hybridized carbons (Fsp3) is 1.00.